The molecule has 0 heterocycles. The van der Waals surface area contributed by atoms with Crippen LogP contribution in [0.25, 0.3) is 0 Å². The fourth-order valence-corrected chi connectivity index (χ4v) is 2.13. The van der Waals surface area contributed by atoms with Gasteiger partial charge in [-0.05, 0) is 37.3 Å². The van der Waals surface area contributed by atoms with Gasteiger partial charge in [0, 0.05) is 16.7 Å². The lowest BCUT2D eigenvalue weighted by molar-refractivity contribution is 0.625. The van der Waals surface area contributed by atoms with E-state index in [-0.39, 0.29) is 5.82 Å². The lowest BCUT2D eigenvalue weighted by Gasteiger charge is -2.23. The van der Waals surface area contributed by atoms with Gasteiger partial charge in [-0.2, -0.15) is 0 Å². The average Bonchev–Trinajstić information content (AvgIpc) is 2.34. The smallest absolute Gasteiger partial charge is 0.147 e. The fourth-order valence-electron chi connectivity index (χ4n) is 1.80. The summed E-state index contributed by atoms with van der Waals surface area (Å²) in [6.07, 6.45) is 0. The van der Waals surface area contributed by atoms with Gasteiger partial charge in [-0.15, -0.1) is 0 Å². The fraction of sp³-hybridized carbons (Fsp3) is 0.143. The Bertz CT molecular complexity index is 499. The van der Waals surface area contributed by atoms with E-state index in [0.717, 1.165) is 16.7 Å². The number of anilines is 2. The molecule has 2 rings (SSSR count). The first kappa shape index (κ1) is 12.1. The molecule has 3 heteroatoms. The molecule has 1 nitrogen and oxygen atoms in total. The predicted octanol–water partition coefficient (Wildman–Crippen LogP) is 4.75. The highest BCUT2D eigenvalue weighted by molar-refractivity contribution is 9.10. The number of hydrogen-bond acceptors (Lipinski definition) is 1. The van der Waals surface area contributed by atoms with Gasteiger partial charge in [0.1, 0.15) is 5.82 Å². The highest BCUT2D eigenvalue weighted by Crippen LogP contribution is 2.29. The maximum absolute atomic E-state index is 13.9. The summed E-state index contributed by atoms with van der Waals surface area (Å²) in [5.74, 6) is -0.218. The predicted molar refractivity (Wildman–Crippen MR) is 73.2 cm³/mol. The molecular weight excluding hydrogens is 281 g/mol. The van der Waals surface area contributed by atoms with E-state index < -0.39 is 0 Å². The maximum atomic E-state index is 13.9. The van der Waals surface area contributed by atoms with E-state index in [9.17, 15) is 4.39 Å². The zero-order valence-electron chi connectivity index (χ0n) is 9.53. The monoisotopic (exact) mass is 293 g/mol. The Morgan fingerprint density at radius 2 is 1.82 bits per heavy atom. The van der Waals surface area contributed by atoms with Crippen molar-refractivity contribution in [2.75, 3.05) is 11.4 Å². The van der Waals surface area contributed by atoms with Crippen LogP contribution in [0.4, 0.5) is 15.8 Å². The van der Waals surface area contributed by atoms with Crippen LogP contribution in [0.5, 0.6) is 0 Å². The summed E-state index contributed by atoms with van der Waals surface area (Å²) < 4.78 is 14.7. The molecule has 0 atom stereocenters. The van der Waals surface area contributed by atoms with Crippen LogP contribution in [0.2, 0.25) is 0 Å². The first-order valence-electron chi connectivity index (χ1n) is 5.50. The van der Waals surface area contributed by atoms with E-state index in [2.05, 4.69) is 15.9 Å². The second kappa shape index (κ2) is 5.32. The zero-order valence-corrected chi connectivity index (χ0v) is 11.1. The lowest BCUT2D eigenvalue weighted by atomic mass is 10.2. The van der Waals surface area contributed by atoms with Crippen LogP contribution in [0.3, 0.4) is 0 Å². The minimum atomic E-state index is -0.218. The summed E-state index contributed by atoms with van der Waals surface area (Å²) in [7, 11) is 0. The van der Waals surface area contributed by atoms with Gasteiger partial charge in [-0.25, -0.2) is 4.39 Å². The highest BCUT2D eigenvalue weighted by atomic mass is 79.9. The molecule has 0 saturated carbocycles. The zero-order chi connectivity index (χ0) is 12.3. The highest BCUT2D eigenvalue weighted by Gasteiger charge is 2.11. The number of halogens is 2. The van der Waals surface area contributed by atoms with Crippen molar-refractivity contribution in [3.05, 3.63) is 58.8 Å². The Labute approximate surface area is 109 Å². The number of para-hydroxylation sites is 1. The number of benzene rings is 2. The van der Waals surface area contributed by atoms with Crippen molar-refractivity contribution in [2.24, 2.45) is 0 Å². The number of nitrogens with zero attached hydrogens (tertiary/aromatic N) is 1. The van der Waals surface area contributed by atoms with Gasteiger partial charge in [0.15, 0.2) is 0 Å². The quantitative estimate of drug-likeness (QED) is 0.790. The van der Waals surface area contributed by atoms with Crippen molar-refractivity contribution >= 4 is 27.3 Å². The minimum Gasteiger partial charge on any atom is -0.339 e. The summed E-state index contributed by atoms with van der Waals surface area (Å²) >= 11 is 3.27. The van der Waals surface area contributed by atoms with Crippen LogP contribution in [-0.2, 0) is 0 Å². The molecule has 0 amide bonds. The van der Waals surface area contributed by atoms with Crippen LogP contribution >= 0.6 is 15.9 Å². The molecule has 2 aromatic rings. The van der Waals surface area contributed by atoms with Crippen LogP contribution in [0.1, 0.15) is 6.92 Å². The van der Waals surface area contributed by atoms with E-state index in [0.29, 0.717) is 5.69 Å². The summed E-state index contributed by atoms with van der Waals surface area (Å²) in [6.45, 7) is 2.73. The molecule has 0 unspecified atom stereocenters. The molecule has 0 N–H and O–H groups in total. The normalized spacial score (nSPS) is 10.3. The van der Waals surface area contributed by atoms with Gasteiger partial charge in [-0.1, -0.05) is 34.1 Å². The molecule has 17 heavy (non-hydrogen) atoms. The minimum absolute atomic E-state index is 0.218. The summed E-state index contributed by atoms with van der Waals surface area (Å²) in [5, 5.41) is 0. The Hall–Kier alpha value is -1.35. The first-order chi connectivity index (χ1) is 8.22. The third kappa shape index (κ3) is 2.67. The van der Waals surface area contributed by atoms with Crippen molar-refractivity contribution in [3.8, 4) is 0 Å². The molecule has 0 spiro atoms. The number of hydrogen-bond donors (Lipinski definition) is 0. The van der Waals surface area contributed by atoms with E-state index in [1.54, 1.807) is 6.07 Å². The van der Waals surface area contributed by atoms with Crippen molar-refractivity contribution in [3.63, 3.8) is 0 Å². The average molecular weight is 294 g/mol. The van der Waals surface area contributed by atoms with Gasteiger partial charge >= 0.3 is 0 Å². The molecule has 0 fully saturated rings. The van der Waals surface area contributed by atoms with E-state index in [1.165, 1.54) is 6.07 Å². The second-order valence-corrected chi connectivity index (χ2v) is 4.59. The van der Waals surface area contributed by atoms with E-state index in [1.807, 2.05) is 48.2 Å². The van der Waals surface area contributed by atoms with Crippen LogP contribution in [-0.4, -0.2) is 6.54 Å². The molecule has 88 valence electrons. The Morgan fingerprint density at radius 1 is 1.12 bits per heavy atom. The van der Waals surface area contributed by atoms with E-state index in [4.69, 9.17) is 0 Å². The third-order valence-electron chi connectivity index (χ3n) is 2.58. The van der Waals surface area contributed by atoms with Gasteiger partial charge in [0.2, 0.25) is 0 Å². The van der Waals surface area contributed by atoms with Crippen molar-refractivity contribution in [1.82, 2.24) is 0 Å². The topological polar surface area (TPSA) is 3.24 Å². The molecule has 2 aromatic carbocycles. The lowest BCUT2D eigenvalue weighted by Crippen LogP contribution is -2.17. The van der Waals surface area contributed by atoms with Crippen LogP contribution in [0, 0.1) is 5.82 Å². The van der Waals surface area contributed by atoms with Crippen LogP contribution < -0.4 is 4.90 Å². The van der Waals surface area contributed by atoms with Crippen LogP contribution in [0.15, 0.2) is 53.0 Å². The molecule has 0 aliphatic carbocycles. The molecule has 0 bridgehead atoms. The number of rotatable bonds is 3. The van der Waals surface area contributed by atoms with Gasteiger partial charge < -0.3 is 4.90 Å². The largest absolute Gasteiger partial charge is 0.339 e. The standard InChI is InChI=1S/C14H13BrFN/c1-2-17(12-6-4-3-5-7-12)14-9-8-11(15)10-13(14)16/h3-10H,2H2,1H3. The SMILES string of the molecule is CCN(c1ccccc1)c1ccc(Br)cc1F. The summed E-state index contributed by atoms with van der Waals surface area (Å²) in [4.78, 5) is 1.95. The molecular formula is C14H13BrFN. The summed E-state index contributed by atoms with van der Waals surface area (Å²) in [6, 6.07) is 14.9. The Morgan fingerprint density at radius 3 is 2.41 bits per heavy atom. The molecule has 0 aromatic heterocycles. The van der Waals surface area contributed by atoms with Crippen molar-refractivity contribution < 1.29 is 4.39 Å². The van der Waals surface area contributed by atoms with Gasteiger partial charge in [-0.3, -0.25) is 0 Å². The Kier molecular flexibility index (Phi) is 3.79. The molecule has 0 aliphatic heterocycles. The molecule has 0 saturated heterocycles. The molecule has 0 radical (unpaired) electrons. The summed E-state index contributed by atoms with van der Waals surface area (Å²) in [5.41, 5.74) is 1.60. The van der Waals surface area contributed by atoms with Gasteiger partial charge in [0.05, 0.1) is 5.69 Å². The third-order valence-corrected chi connectivity index (χ3v) is 3.08. The van der Waals surface area contributed by atoms with Gasteiger partial charge in [0.25, 0.3) is 0 Å². The second-order valence-electron chi connectivity index (χ2n) is 3.68. The first-order valence-corrected chi connectivity index (χ1v) is 6.29. The maximum Gasteiger partial charge on any atom is 0.147 e. The van der Waals surface area contributed by atoms with Crippen molar-refractivity contribution in [1.29, 1.82) is 0 Å². The molecule has 0 aliphatic rings. The Balaban J connectivity index is 2.42. The van der Waals surface area contributed by atoms with Crippen molar-refractivity contribution in [2.45, 2.75) is 6.92 Å². The van der Waals surface area contributed by atoms with E-state index >= 15 is 0 Å².